The van der Waals surface area contributed by atoms with E-state index in [0.717, 1.165) is 5.69 Å². The lowest BCUT2D eigenvalue weighted by Gasteiger charge is -2.16. The molecule has 0 aromatic heterocycles. The molecule has 5 heteroatoms. The molecule has 0 saturated carbocycles. The van der Waals surface area contributed by atoms with Crippen LogP contribution in [0, 0.1) is 5.92 Å². The summed E-state index contributed by atoms with van der Waals surface area (Å²) >= 11 is 0. The molecule has 1 amide bonds. The molecule has 102 valence electrons. The number of hydrogen-bond acceptors (Lipinski definition) is 4. The van der Waals surface area contributed by atoms with Crippen molar-refractivity contribution in [3.63, 3.8) is 0 Å². The third-order valence-electron chi connectivity index (χ3n) is 3.34. The molecule has 2 unspecified atom stereocenters. The van der Waals surface area contributed by atoms with Crippen LogP contribution in [0.3, 0.4) is 0 Å². The number of fused-ring (bicyclic) bond motifs is 1. The lowest BCUT2D eigenvalue weighted by molar-refractivity contribution is -0.119. The van der Waals surface area contributed by atoms with Crippen molar-refractivity contribution >= 4 is 23.3 Å². The second kappa shape index (κ2) is 5.30. The van der Waals surface area contributed by atoms with Crippen molar-refractivity contribution in [3.8, 4) is 0 Å². The highest BCUT2D eigenvalue weighted by Gasteiger charge is 2.25. The van der Waals surface area contributed by atoms with Gasteiger partial charge in [-0.2, -0.15) is 0 Å². The van der Waals surface area contributed by atoms with Gasteiger partial charge in [0.2, 0.25) is 5.91 Å². The molecular formula is C14H18N2O3. The molecule has 0 fully saturated rings. The first-order valence-corrected chi connectivity index (χ1v) is 6.41. The lowest BCUT2D eigenvalue weighted by Crippen LogP contribution is -2.30. The average molecular weight is 262 g/mol. The van der Waals surface area contributed by atoms with Crippen LogP contribution >= 0.6 is 0 Å². The molecule has 0 radical (unpaired) electrons. The van der Waals surface area contributed by atoms with Crippen molar-refractivity contribution in [2.24, 2.45) is 5.92 Å². The van der Waals surface area contributed by atoms with Crippen LogP contribution in [0.2, 0.25) is 0 Å². The largest absolute Gasteiger partial charge is 0.462 e. The molecular weight excluding hydrogens is 244 g/mol. The Morgan fingerprint density at radius 2 is 2.05 bits per heavy atom. The van der Waals surface area contributed by atoms with Gasteiger partial charge in [0.15, 0.2) is 0 Å². The topological polar surface area (TPSA) is 67.4 Å². The molecule has 0 bridgehead atoms. The van der Waals surface area contributed by atoms with Gasteiger partial charge in [0.1, 0.15) is 0 Å². The van der Waals surface area contributed by atoms with Crippen LogP contribution in [-0.4, -0.2) is 24.5 Å². The number of ether oxygens (including phenoxy) is 1. The van der Waals surface area contributed by atoms with Crippen molar-refractivity contribution in [2.75, 3.05) is 17.2 Å². The molecule has 1 aromatic carbocycles. The summed E-state index contributed by atoms with van der Waals surface area (Å²) in [4.78, 5) is 23.6. The highest BCUT2D eigenvalue weighted by Crippen LogP contribution is 2.29. The molecule has 2 N–H and O–H groups in total. The Hall–Kier alpha value is -2.04. The SMILES string of the molecule is CCOC(=O)c1ccc2c(c1)NC(=O)C(C)C(C)N2. The van der Waals surface area contributed by atoms with Gasteiger partial charge in [-0.1, -0.05) is 6.92 Å². The zero-order chi connectivity index (χ0) is 14.0. The summed E-state index contributed by atoms with van der Waals surface area (Å²) in [5.41, 5.74) is 1.87. The van der Waals surface area contributed by atoms with Crippen LogP contribution in [0.5, 0.6) is 0 Å². The van der Waals surface area contributed by atoms with Gasteiger partial charge < -0.3 is 15.4 Å². The Morgan fingerprint density at radius 1 is 1.32 bits per heavy atom. The van der Waals surface area contributed by atoms with E-state index in [1.54, 1.807) is 25.1 Å². The molecule has 2 rings (SSSR count). The molecule has 1 aromatic rings. The van der Waals surface area contributed by atoms with Crippen LogP contribution in [-0.2, 0) is 9.53 Å². The van der Waals surface area contributed by atoms with Crippen LogP contribution in [0.25, 0.3) is 0 Å². The van der Waals surface area contributed by atoms with E-state index in [1.807, 2.05) is 13.8 Å². The average Bonchev–Trinajstić information content (AvgIpc) is 2.49. The minimum Gasteiger partial charge on any atom is -0.462 e. The number of carbonyl (C=O) groups excluding carboxylic acids is 2. The predicted octanol–water partition coefficient (Wildman–Crippen LogP) is 2.25. The molecule has 2 atom stereocenters. The number of nitrogens with one attached hydrogen (secondary N) is 2. The molecule has 0 spiro atoms. The van der Waals surface area contributed by atoms with E-state index in [1.165, 1.54) is 0 Å². The fourth-order valence-electron chi connectivity index (χ4n) is 1.96. The number of carbonyl (C=O) groups is 2. The van der Waals surface area contributed by atoms with E-state index >= 15 is 0 Å². The predicted molar refractivity (Wildman–Crippen MR) is 73.3 cm³/mol. The van der Waals surface area contributed by atoms with Gasteiger partial charge in [-0.3, -0.25) is 4.79 Å². The molecule has 1 aliphatic heterocycles. The Bertz CT molecular complexity index is 513. The number of hydrogen-bond donors (Lipinski definition) is 2. The number of amides is 1. The maximum absolute atomic E-state index is 11.9. The molecule has 1 aliphatic rings. The first kappa shape index (κ1) is 13.4. The molecule has 1 heterocycles. The van der Waals surface area contributed by atoms with E-state index < -0.39 is 0 Å². The zero-order valence-corrected chi connectivity index (χ0v) is 11.3. The third kappa shape index (κ3) is 2.70. The van der Waals surface area contributed by atoms with E-state index in [-0.39, 0.29) is 23.8 Å². The van der Waals surface area contributed by atoms with Crippen LogP contribution in [0.4, 0.5) is 11.4 Å². The lowest BCUT2D eigenvalue weighted by atomic mass is 10.0. The van der Waals surface area contributed by atoms with Crippen LogP contribution in [0.15, 0.2) is 18.2 Å². The summed E-state index contributed by atoms with van der Waals surface area (Å²) < 4.78 is 4.95. The van der Waals surface area contributed by atoms with Crippen molar-refractivity contribution in [3.05, 3.63) is 23.8 Å². The fourth-order valence-corrected chi connectivity index (χ4v) is 1.96. The second-order valence-electron chi connectivity index (χ2n) is 4.69. The highest BCUT2D eigenvalue weighted by atomic mass is 16.5. The number of esters is 1. The summed E-state index contributed by atoms with van der Waals surface area (Å²) in [5, 5.41) is 6.10. The monoisotopic (exact) mass is 262 g/mol. The Morgan fingerprint density at radius 3 is 2.74 bits per heavy atom. The van der Waals surface area contributed by atoms with Crippen LogP contribution in [0.1, 0.15) is 31.1 Å². The number of anilines is 2. The van der Waals surface area contributed by atoms with Gasteiger partial charge in [0, 0.05) is 6.04 Å². The zero-order valence-electron chi connectivity index (χ0n) is 11.3. The van der Waals surface area contributed by atoms with Crippen molar-refractivity contribution in [1.82, 2.24) is 0 Å². The van der Waals surface area contributed by atoms with Crippen molar-refractivity contribution < 1.29 is 14.3 Å². The first-order valence-electron chi connectivity index (χ1n) is 6.41. The third-order valence-corrected chi connectivity index (χ3v) is 3.34. The fraction of sp³-hybridized carbons (Fsp3) is 0.429. The minimum atomic E-state index is -0.384. The summed E-state index contributed by atoms with van der Waals surface area (Å²) in [6.45, 7) is 5.91. The Kier molecular flexibility index (Phi) is 3.74. The van der Waals surface area contributed by atoms with E-state index in [0.29, 0.717) is 17.9 Å². The smallest absolute Gasteiger partial charge is 0.338 e. The van der Waals surface area contributed by atoms with E-state index in [4.69, 9.17) is 4.74 Å². The Balaban J connectivity index is 2.33. The second-order valence-corrected chi connectivity index (χ2v) is 4.69. The Labute approximate surface area is 112 Å². The van der Waals surface area contributed by atoms with E-state index in [9.17, 15) is 9.59 Å². The van der Waals surface area contributed by atoms with Gasteiger partial charge in [-0.05, 0) is 32.0 Å². The van der Waals surface area contributed by atoms with Gasteiger partial charge in [-0.25, -0.2) is 4.79 Å². The maximum atomic E-state index is 11.9. The summed E-state index contributed by atoms with van der Waals surface area (Å²) in [7, 11) is 0. The van der Waals surface area contributed by atoms with Crippen molar-refractivity contribution in [2.45, 2.75) is 26.8 Å². The normalized spacial score (nSPS) is 21.7. The van der Waals surface area contributed by atoms with Gasteiger partial charge in [-0.15, -0.1) is 0 Å². The van der Waals surface area contributed by atoms with Crippen molar-refractivity contribution in [1.29, 1.82) is 0 Å². The standard InChI is InChI=1S/C14H18N2O3/c1-4-19-14(18)10-5-6-11-12(7-10)16-13(17)8(2)9(3)15-11/h5-9,15H,4H2,1-3H3,(H,16,17). The molecule has 5 nitrogen and oxygen atoms in total. The first-order chi connectivity index (χ1) is 9.02. The number of benzene rings is 1. The van der Waals surface area contributed by atoms with Gasteiger partial charge in [0.05, 0.1) is 29.5 Å². The molecule has 0 saturated heterocycles. The number of rotatable bonds is 2. The van der Waals surface area contributed by atoms with Gasteiger partial charge >= 0.3 is 5.97 Å². The highest BCUT2D eigenvalue weighted by molar-refractivity contribution is 6.00. The molecule has 19 heavy (non-hydrogen) atoms. The summed E-state index contributed by atoms with van der Waals surface area (Å²) in [5.74, 6) is -0.580. The van der Waals surface area contributed by atoms with E-state index in [2.05, 4.69) is 10.6 Å². The summed E-state index contributed by atoms with van der Waals surface area (Å²) in [6, 6.07) is 5.16. The maximum Gasteiger partial charge on any atom is 0.338 e. The quantitative estimate of drug-likeness (QED) is 0.802. The summed E-state index contributed by atoms with van der Waals surface area (Å²) in [6.07, 6.45) is 0. The molecule has 0 aliphatic carbocycles. The minimum absolute atomic E-state index is 0.0368. The van der Waals surface area contributed by atoms with Gasteiger partial charge in [0.25, 0.3) is 0 Å². The van der Waals surface area contributed by atoms with Crippen LogP contribution < -0.4 is 10.6 Å².